The number of methoxy groups -OCH3 is 3. The Morgan fingerprint density at radius 1 is 1.11 bits per heavy atom. The first-order chi connectivity index (χ1) is 13.6. The molecule has 0 spiro atoms. The third-order valence-corrected chi connectivity index (χ3v) is 4.46. The molecule has 144 valence electrons. The zero-order valence-corrected chi connectivity index (χ0v) is 15.9. The van der Waals surface area contributed by atoms with E-state index in [4.69, 9.17) is 14.2 Å². The number of aromatic amines is 1. The van der Waals surface area contributed by atoms with Gasteiger partial charge in [-0.1, -0.05) is 6.07 Å². The van der Waals surface area contributed by atoms with Crippen molar-refractivity contribution in [2.24, 2.45) is 5.92 Å². The van der Waals surface area contributed by atoms with E-state index in [0.29, 0.717) is 29.4 Å². The van der Waals surface area contributed by atoms with E-state index < -0.39 is 11.8 Å². The van der Waals surface area contributed by atoms with Crippen LogP contribution < -0.4 is 19.5 Å². The lowest BCUT2D eigenvalue weighted by molar-refractivity contribution is -0.118. The number of ether oxygens (including phenoxy) is 3. The minimum atomic E-state index is -0.838. The second-order valence-electron chi connectivity index (χ2n) is 6.19. The first-order valence-electron chi connectivity index (χ1n) is 8.66. The molecule has 0 aliphatic carbocycles. The number of fused-ring (bicyclic) bond motifs is 1. The molecule has 1 aromatic heterocycles. The predicted octanol–water partition coefficient (Wildman–Crippen LogP) is 3.51. The van der Waals surface area contributed by atoms with Crippen molar-refractivity contribution in [2.45, 2.75) is 6.42 Å². The van der Waals surface area contributed by atoms with Crippen LogP contribution in [0.4, 0.5) is 5.69 Å². The number of nitrogens with one attached hydrogen (secondary N) is 2. The predicted molar refractivity (Wildman–Crippen MR) is 106 cm³/mol. The minimum absolute atomic E-state index is 0.313. The number of hydrogen-bond acceptors (Lipinski definition) is 5. The summed E-state index contributed by atoms with van der Waals surface area (Å²) in [6, 6.07) is 13.1. The van der Waals surface area contributed by atoms with E-state index in [1.54, 1.807) is 12.1 Å². The number of carbonyl (C=O) groups is 1. The molecule has 0 saturated heterocycles. The van der Waals surface area contributed by atoms with Gasteiger partial charge in [0, 0.05) is 29.5 Å². The maximum atomic E-state index is 12.7. The highest BCUT2D eigenvalue weighted by Gasteiger charge is 2.21. The second-order valence-corrected chi connectivity index (χ2v) is 6.19. The molecule has 1 amide bonds. The molecular formula is C21H21N3O4. The van der Waals surface area contributed by atoms with Gasteiger partial charge < -0.3 is 24.5 Å². The van der Waals surface area contributed by atoms with Crippen molar-refractivity contribution >= 4 is 22.5 Å². The Labute approximate surface area is 162 Å². The quantitative estimate of drug-likeness (QED) is 0.655. The molecule has 28 heavy (non-hydrogen) atoms. The van der Waals surface area contributed by atoms with Crippen LogP contribution in [0.2, 0.25) is 0 Å². The average Bonchev–Trinajstić information content (AvgIpc) is 3.18. The largest absolute Gasteiger partial charge is 0.493 e. The Morgan fingerprint density at radius 2 is 1.82 bits per heavy atom. The Kier molecular flexibility index (Phi) is 5.70. The number of rotatable bonds is 7. The molecule has 0 radical (unpaired) electrons. The monoisotopic (exact) mass is 379 g/mol. The number of nitrogens with zero attached hydrogens (tertiary/aromatic N) is 1. The van der Waals surface area contributed by atoms with Gasteiger partial charge in [-0.05, 0) is 35.6 Å². The molecule has 1 atom stereocenters. The number of carbonyl (C=O) groups excluding carboxylic acids is 1. The van der Waals surface area contributed by atoms with Crippen LogP contribution in [0.15, 0.2) is 42.6 Å². The van der Waals surface area contributed by atoms with Crippen LogP contribution >= 0.6 is 0 Å². The molecule has 2 N–H and O–H groups in total. The van der Waals surface area contributed by atoms with Crippen LogP contribution in [0.1, 0.15) is 5.56 Å². The Morgan fingerprint density at radius 3 is 2.43 bits per heavy atom. The molecule has 7 nitrogen and oxygen atoms in total. The summed E-state index contributed by atoms with van der Waals surface area (Å²) < 4.78 is 15.9. The molecule has 0 saturated carbocycles. The van der Waals surface area contributed by atoms with Crippen molar-refractivity contribution in [1.29, 1.82) is 5.26 Å². The van der Waals surface area contributed by atoms with Crippen LogP contribution in [0.3, 0.4) is 0 Å². The van der Waals surface area contributed by atoms with Gasteiger partial charge in [0.05, 0.1) is 27.4 Å². The lowest BCUT2D eigenvalue weighted by Crippen LogP contribution is -2.23. The Hall–Kier alpha value is -3.66. The van der Waals surface area contributed by atoms with Crippen LogP contribution in [-0.2, 0) is 11.2 Å². The topological polar surface area (TPSA) is 96.4 Å². The van der Waals surface area contributed by atoms with Gasteiger partial charge in [-0.15, -0.1) is 0 Å². The molecular weight excluding hydrogens is 358 g/mol. The van der Waals surface area contributed by atoms with Crippen molar-refractivity contribution in [3.8, 4) is 23.3 Å². The van der Waals surface area contributed by atoms with Gasteiger partial charge in [0.2, 0.25) is 11.7 Å². The fourth-order valence-corrected chi connectivity index (χ4v) is 3.05. The van der Waals surface area contributed by atoms with Gasteiger partial charge in [0.1, 0.15) is 5.92 Å². The van der Waals surface area contributed by atoms with E-state index in [9.17, 15) is 10.1 Å². The third-order valence-electron chi connectivity index (χ3n) is 4.46. The van der Waals surface area contributed by atoms with Gasteiger partial charge in [-0.3, -0.25) is 4.79 Å². The maximum absolute atomic E-state index is 12.7. The highest BCUT2D eigenvalue weighted by molar-refractivity contribution is 5.95. The third kappa shape index (κ3) is 3.86. The van der Waals surface area contributed by atoms with E-state index in [1.807, 2.05) is 30.5 Å². The van der Waals surface area contributed by atoms with Gasteiger partial charge in [-0.25, -0.2) is 0 Å². The van der Waals surface area contributed by atoms with E-state index in [0.717, 1.165) is 16.5 Å². The number of hydrogen-bond donors (Lipinski definition) is 2. The lowest BCUT2D eigenvalue weighted by atomic mass is 9.98. The summed E-state index contributed by atoms with van der Waals surface area (Å²) in [7, 11) is 4.50. The van der Waals surface area contributed by atoms with E-state index in [2.05, 4.69) is 16.4 Å². The van der Waals surface area contributed by atoms with Crippen molar-refractivity contribution in [3.63, 3.8) is 0 Å². The first kappa shape index (κ1) is 19.1. The van der Waals surface area contributed by atoms with Crippen LogP contribution in [-0.4, -0.2) is 32.2 Å². The van der Waals surface area contributed by atoms with E-state index in [1.165, 1.54) is 21.3 Å². The smallest absolute Gasteiger partial charge is 0.242 e. The normalized spacial score (nSPS) is 11.5. The number of amides is 1. The molecule has 7 heteroatoms. The standard InChI is InChI=1S/C21H21N3O4/c1-26-18-10-16(11-19(27-2)20(18)28-3)24-21(25)15(12-22)9-13-4-5-17-14(8-13)6-7-23-17/h4-8,10-11,15,23H,9H2,1-3H3,(H,24,25). The number of nitriles is 1. The zero-order chi connectivity index (χ0) is 20.1. The summed E-state index contributed by atoms with van der Waals surface area (Å²) in [6.45, 7) is 0. The molecule has 3 rings (SSSR count). The number of anilines is 1. The van der Waals surface area contributed by atoms with Gasteiger partial charge in [-0.2, -0.15) is 5.26 Å². The maximum Gasteiger partial charge on any atom is 0.242 e. The summed E-state index contributed by atoms with van der Waals surface area (Å²) in [5.74, 6) is 0.0354. The van der Waals surface area contributed by atoms with Crippen molar-refractivity contribution in [3.05, 3.63) is 48.2 Å². The molecule has 0 fully saturated rings. The Bertz CT molecular complexity index is 1010. The van der Waals surface area contributed by atoms with Crippen molar-refractivity contribution in [2.75, 3.05) is 26.6 Å². The van der Waals surface area contributed by atoms with E-state index >= 15 is 0 Å². The van der Waals surface area contributed by atoms with Crippen molar-refractivity contribution < 1.29 is 19.0 Å². The van der Waals surface area contributed by atoms with Gasteiger partial charge in [0.25, 0.3) is 0 Å². The number of H-pyrrole nitrogens is 1. The SMILES string of the molecule is COc1cc(NC(=O)C(C#N)Cc2ccc3[nH]ccc3c2)cc(OC)c1OC. The fourth-order valence-electron chi connectivity index (χ4n) is 3.05. The van der Waals surface area contributed by atoms with Crippen LogP contribution in [0.25, 0.3) is 10.9 Å². The second kappa shape index (κ2) is 8.35. The molecule has 2 aromatic carbocycles. The Balaban J connectivity index is 1.79. The average molecular weight is 379 g/mol. The molecule has 0 bridgehead atoms. The summed E-state index contributed by atoms with van der Waals surface area (Å²) >= 11 is 0. The molecule has 3 aromatic rings. The van der Waals surface area contributed by atoms with Gasteiger partial charge >= 0.3 is 0 Å². The highest BCUT2D eigenvalue weighted by Crippen LogP contribution is 2.40. The molecule has 0 aliphatic heterocycles. The fraction of sp³-hybridized carbons (Fsp3) is 0.238. The zero-order valence-electron chi connectivity index (χ0n) is 15.9. The van der Waals surface area contributed by atoms with E-state index in [-0.39, 0.29) is 0 Å². The minimum Gasteiger partial charge on any atom is -0.493 e. The van der Waals surface area contributed by atoms with Crippen LogP contribution in [0, 0.1) is 17.2 Å². The van der Waals surface area contributed by atoms with Crippen molar-refractivity contribution in [1.82, 2.24) is 4.98 Å². The summed E-state index contributed by atoms with van der Waals surface area (Å²) in [5.41, 5.74) is 2.39. The molecule has 1 unspecified atom stereocenters. The summed E-state index contributed by atoms with van der Waals surface area (Å²) in [5, 5.41) is 13.3. The molecule has 0 aliphatic rings. The first-order valence-corrected chi connectivity index (χ1v) is 8.66. The number of aromatic nitrogens is 1. The van der Waals surface area contributed by atoms with Gasteiger partial charge in [0.15, 0.2) is 11.5 Å². The lowest BCUT2D eigenvalue weighted by Gasteiger charge is -2.16. The highest BCUT2D eigenvalue weighted by atomic mass is 16.5. The molecule has 1 heterocycles. The number of benzene rings is 2. The summed E-state index contributed by atoms with van der Waals surface area (Å²) in [4.78, 5) is 15.8. The van der Waals surface area contributed by atoms with Crippen LogP contribution in [0.5, 0.6) is 17.2 Å². The summed E-state index contributed by atoms with van der Waals surface area (Å²) in [6.07, 6.45) is 2.17.